The van der Waals surface area contributed by atoms with Gasteiger partial charge in [0, 0.05) is 49.1 Å². The van der Waals surface area contributed by atoms with Crippen LogP contribution in [-0.4, -0.2) is 26.4 Å². The topological polar surface area (TPSA) is 41.9 Å². The van der Waals surface area contributed by atoms with E-state index in [0.29, 0.717) is 5.15 Å². The SMILES string of the molecule is Cc1nc(Cl)ccc1CN1CCc2nc(-c3ccccc3)ncc2C1. The van der Waals surface area contributed by atoms with Crippen molar-refractivity contribution in [2.45, 2.75) is 26.4 Å². The van der Waals surface area contributed by atoms with E-state index < -0.39 is 0 Å². The summed E-state index contributed by atoms with van der Waals surface area (Å²) in [5.74, 6) is 0.811. The minimum Gasteiger partial charge on any atom is -0.294 e. The van der Waals surface area contributed by atoms with Crippen LogP contribution in [-0.2, 0) is 19.5 Å². The zero-order valence-corrected chi connectivity index (χ0v) is 14.9. The van der Waals surface area contributed by atoms with Crippen molar-refractivity contribution in [3.05, 3.63) is 76.3 Å². The molecular weight excluding hydrogens is 332 g/mol. The third-order valence-corrected chi connectivity index (χ3v) is 4.81. The molecule has 5 heteroatoms. The first-order valence-electron chi connectivity index (χ1n) is 8.43. The summed E-state index contributed by atoms with van der Waals surface area (Å²) in [5, 5.41) is 0.548. The number of hydrogen-bond acceptors (Lipinski definition) is 4. The third-order valence-electron chi connectivity index (χ3n) is 4.60. The monoisotopic (exact) mass is 350 g/mol. The van der Waals surface area contributed by atoms with E-state index in [2.05, 4.69) is 20.9 Å². The summed E-state index contributed by atoms with van der Waals surface area (Å²) < 4.78 is 0. The smallest absolute Gasteiger partial charge is 0.159 e. The van der Waals surface area contributed by atoms with Crippen molar-refractivity contribution in [2.75, 3.05) is 6.54 Å². The van der Waals surface area contributed by atoms with Crippen LogP contribution in [0.4, 0.5) is 0 Å². The van der Waals surface area contributed by atoms with Crippen molar-refractivity contribution >= 4 is 11.6 Å². The number of benzene rings is 1. The normalized spacial score (nSPS) is 14.3. The summed E-state index contributed by atoms with van der Waals surface area (Å²) in [5.41, 5.74) is 5.65. The molecule has 1 aliphatic rings. The number of nitrogens with zero attached hydrogens (tertiary/aromatic N) is 4. The molecule has 25 heavy (non-hydrogen) atoms. The average Bonchev–Trinajstić information content (AvgIpc) is 2.64. The van der Waals surface area contributed by atoms with E-state index in [-0.39, 0.29) is 0 Å². The predicted molar refractivity (Wildman–Crippen MR) is 99.3 cm³/mol. The van der Waals surface area contributed by atoms with Crippen molar-refractivity contribution in [1.82, 2.24) is 19.9 Å². The molecule has 1 aliphatic heterocycles. The highest BCUT2D eigenvalue weighted by Crippen LogP contribution is 2.22. The Bertz CT molecular complexity index is 895. The van der Waals surface area contributed by atoms with E-state index in [1.807, 2.05) is 49.5 Å². The number of rotatable bonds is 3. The van der Waals surface area contributed by atoms with Crippen LogP contribution in [0.25, 0.3) is 11.4 Å². The van der Waals surface area contributed by atoms with Gasteiger partial charge in [0.2, 0.25) is 0 Å². The molecule has 0 saturated heterocycles. The molecule has 4 nitrogen and oxygen atoms in total. The summed E-state index contributed by atoms with van der Waals surface area (Å²) in [6, 6.07) is 14.1. The third kappa shape index (κ3) is 3.55. The van der Waals surface area contributed by atoms with Crippen LogP contribution in [0.5, 0.6) is 0 Å². The summed E-state index contributed by atoms with van der Waals surface area (Å²) >= 11 is 5.95. The first-order valence-corrected chi connectivity index (χ1v) is 8.81. The molecule has 0 fully saturated rings. The summed E-state index contributed by atoms with van der Waals surface area (Å²) in [6.45, 7) is 4.73. The fourth-order valence-electron chi connectivity index (χ4n) is 3.20. The van der Waals surface area contributed by atoms with Gasteiger partial charge in [-0.1, -0.05) is 48.0 Å². The van der Waals surface area contributed by atoms with E-state index in [1.165, 1.54) is 11.1 Å². The van der Waals surface area contributed by atoms with Gasteiger partial charge in [-0.3, -0.25) is 4.90 Å². The molecule has 4 rings (SSSR count). The van der Waals surface area contributed by atoms with Crippen molar-refractivity contribution in [1.29, 1.82) is 0 Å². The van der Waals surface area contributed by atoms with Crippen LogP contribution < -0.4 is 0 Å². The fourth-order valence-corrected chi connectivity index (χ4v) is 3.39. The summed E-state index contributed by atoms with van der Waals surface area (Å²) in [4.78, 5) is 16.1. The zero-order valence-electron chi connectivity index (χ0n) is 14.1. The molecule has 0 bridgehead atoms. The lowest BCUT2D eigenvalue weighted by Crippen LogP contribution is -2.31. The maximum atomic E-state index is 5.95. The summed E-state index contributed by atoms with van der Waals surface area (Å²) in [6.07, 6.45) is 2.92. The van der Waals surface area contributed by atoms with Gasteiger partial charge in [0.05, 0.1) is 5.69 Å². The van der Waals surface area contributed by atoms with Crippen molar-refractivity contribution < 1.29 is 0 Å². The molecule has 0 aliphatic carbocycles. The van der Waals surface area contributed by atoms with Gasteiger partial charge >= 0.3 is 0 Å². The second-order valence-corrected chi connectivity index (χ2v) is 6.76. The lowest BCUT2D eigenvalue weighted by Gasteiger charge is -2.28. The van der Waals surface area contributed by atoms with Crippen LogP contribution in [0.3, 0.4) is 0 Å². The molecule has 0 N–H and O–H groups in total. The van der Waals surface area contributed by atoms with Crippen LogP contribution in [0.2, 0.25) is 5.15 Å². The van der Waals surface area contributed by atoms with Crippen LogP contribution in [0.1, 0.15) is 22.5 Å². The van der Waals surface area contributed by atoms with Gasteiger partial charge in [-0.25, -0.2) is 15.0 Å². The standard InChI is InChI=1S/C20H19ClN4/c1-14-16(7-8-19(21)23-14)12-25-10-9-18-17(13-25)11-22-20(24-18)15-5-3-2-4-6-15/h2-8,11H,9-10,12-13H2,1H3. The first kappa shape index (κ1) is 16.2. The van der Waals surface area contributed by atoms with E-state index in [4.69, 9.17) is 16.6 Å². The van der Waals surface area contributed by atoms with Gasteiger partial charge in [-0.2, -0.15) is 0 Å². The Morgan fingerprint density at radius 1 is 1.08 bits per heavy atom. The first-order chi connectivity index (χ1) is 12.2. The van der Waals surface area contributed by atoms with Crippen LogP contribution in [0, 0.1) is 6.92 Å². The highest BCUT2D eigenvalue weighted by atomic mass is 35.5. The Kier molecular flexibility index (Phi) is 4.47. The number of aromatic nitrogens is 3. The Morgan fingerprint density at radius 2 is 1.92 bits per heavy atom. The number of aryl methyl sites for hydroxylation is 1. The average molecular weight is 351 g/mol. The van der Waals surface area contributed by atoms with Gasteiger partial charge in [-0.05, 0) is 18.6 Å². The number of pyridine rings is 1. The second kappa shape index (κ2) is 6.90. The Labute approximate surface area is 152 Å². The van der Waals surface area contributed by atoms with E-state index in [9.17, 15) is 0 Å². The Morgan fingerprint density at radius 3 is 2.72 bits per heavy atom. The lowest BCUT2D eigenvalue weighted by atomic mass is 10.1. The van der Waals surface area contributed by atoms with Crippen molar-refractivity contribution in [2.24, 2.45) is 0 Å². The largest absolute Gasteiger partial charge is 0.294 e. The minimum absolute atomic E-state index is 0.548. The van der Waals surface area contributed by atoms with E-state index >= 15 is 0 Å². The maximum absolute atomic E-state index is 5.95. The van der Waals surface area contributed by atoms with Crippen LogP contribution >= 0.6 is 11.6 Å². The molecule has 0 radical (unpaired) electrons. The molecule has 0 saturated carbocycles. The van der Waals surface area contributed by atoms with Crippen LogP contribution in [0.15, 0.2) is 48.7 Å². The molecule has 3 aromatic rings. The molecule has 0 amide bonds. The fraction of sp³-hybridized carbons (Fsp3) is 0.250. The van der Waals surface area contributed by atoms with Gasteiger partial charge in [-0.15, -0.1) is 0 Å². The molecule has 0 spiro atoms. The van der Waals surface area contributed by atoms with E-state index in [1.54, 1.807) is 0 Å². The maximum Gasteiger partial charge on any atom is 0.159 e. The van der Waals surface area contributed by atoms with Crippen molar-refractivity contribution in [3.63, 3.8) is 0 Å². The lowest BCUT2D eigenvalue weighted by molar-refractivity contribution is 0.242. The highest BCUT2D eigenvalue weighted by molar-refractivity contribution is 6.29. The second-order valence-electron chi connectivity index (χ2n) is 6.37. The minimum atomic E-state index is 0.548. The van der Waals surface area contributed by atoms with Gasteiger partial charge in [0.15, 0.2) is 5.82 Å². The summed E-state index contributed by atoms with van der Waals surface area (Å²) in [7, 11) is 0. The van der Waals surface area contributed by atoms with Gasteiger partial charge in [0.25, 0.3) is 0 Å². The highest BCUT2D eigenvalue weighted by Gasteiger charge is 2.19. The number of hydrogen-bond donors (Lipinski definition) is 0. The van der Waals surface area contributed by atoms with E-state index in [0.717, 1.165) is 48.8 Å². The van der Waals surface area contributed by atoms with Gasteiger partial charge in [0.1, 0.15) is 5.15 Å². The van der Waals surface area contributed by atoms with Gasteiger partial charge < -0.3 is 0 Å². The molecule has 0 unspecified atom stereocenters. The molecule has 3 heterocycles. The number of fused-ring (bicyclic) bond motifs is 1. The van der Waals surface area contributed by atoms with Crippen molar-refractivity contribution in [3.8, 4) is 11.4 Å². The number of halogens is 1. The molecular formula is C20H19ClN4. The molecule has 2 aromatic heterocycles. The molecule has 126 valence electrons. The molecule has 0 atom stereocenters. The predicted octanol–water partition coefficient (Wildman–Crippen LogP) is 4.06. The Balaban J connectivity index is 1.52. The quantitative estimate of drug-likeness (QED) is 0.668. The Hall–Kier alpha value is -2.30. The molecule has 1 aromatic carbocycles. The zero-order chi connectivity index (χ0) is 17.2.